The molecule has 3 rings (SSSR count). The van der Waals surface area contributed by atoms with E-state index >= 15 is 0 Å². The SMILES string of the molecule is COc1ccccc1CNc1cc(C(=O)Nc2cc(Cl)ccc2C)ncn1. The van der Waals surface area contributed by atoms with Crippen LogP contribution in [0.1, 0.15) is 21.6 Å². The number of anilines is 2. The highest BCUT2D eigenvalue weighted by Crippen LogP contribution is 2.21. The molecule has 0 saturated carbocycles. The zero-order valence-corrected chi connectivity index (χ0v) is 15.7. The lowest BCUT2D eigenvalue weighted by atomic mass is 10.2. The smallest absolute Gasteiger partial charge is 0.274 e. The van der Waals surface area contributed by atoms with E-state index in [-0.39, 0.29) is 11.6 Å². The van der Waals surface area contributed by atoms with E-state index in [2.05, 4.69) is 20.6 Å². The van der Waals surface area contributed by atoms with Crippen molar-refractivity contribution in [2.45, 2.75) is 13.5 Å². The number of ether oxygens (including phenoxy) is 1. The van der Waals surface area contributed by atoms with E-state index in [0.29, 0.717) is 23.1 Å². The fraction of sp³-hybridized carbons (Fsp3) is 0.150. The zero-order chi connectivity index (χ0) is 19.2. The molecule has 0 unspecified atom stereocenters. The molecule has 6 nitrogen and oxygen atoms in total. The molecule has 27 heavy (non-hydrogen) atoms. The lowest BCUT2D eigenvalue weighted by Crippen LogP contribution is -2.15. The lowest BCUT2D eigenvalue weighted by Gasteiger charge is -2.11. The minimum atomic E-state index is -0.330. The molecule has 0 aliphatic heterocycles. The van der Waals surface area contributed by atoms with Gasteiger partial charge in [0, 0.05) is 28.9 Å². The summed E-state index contributed by atoms with van der Waals surface area (Å²) in [6, 6.07) is 14.6. The van der Waals surface area contributed by atoms with Crippen molar-refractivity contribution in [1.29, 1.82) is 0 Å². The standard InChI is InChI=1S/C20H19ClN4O2/c1-13-7-8-15(21)9-16(13)25-20(26)17-10-19(24-12-23-17)22-11-14-5-3-4-6-18(14)27-2/h3-10,12H,11H2,1-2H3,(H,25,26)(H,22,23,24). The van der Waals surface area contributed by atoms with Gasteiger partial charge >= 0.3 is 0 Å². The molecule has 0 aliphatic carbocycles. The Bertz CT molecular complexity index is 962. The van der Waals surface area contributed by atoms with Crippen LogP contribution in [0, 0.1) is 6.92 Å². The Kier molecular flexibility index (Phi) is 5.88. The second-order valence-electron chi connectivity index (χ2n) is 5.87. The van der Waals surface area contributed by atoms with Gasteiger partial charge in [-0.05, 0) is 30.7 Å². The third-order valence-electron chi connectivity index (χ3n) is 4.00. The number of carbonyl (C=O) groups is 1. The van der Waals surface area contributed by atoms with Gasteiger partial charge in [-0.3, -0.25) is 4.79 Å². The normalized spacial score (nSPS) is 10.3. The van der Waals surface area contributed by atoms with E-state index in [9.17, 15) is 4.79 Å². The molecule has 1 amide bonds. The molecule has 0 saturated heterocycles. The highest BCUT2D eigenvalue weighted by Gasteiger charge is 2.11. The summed E-state index contributed by atoms with van der Waals surface area (Å²) in [6.07, 6.45) is 1.35. The first kappa shape index (κ1) is 18.7. The number of halogens is 1. The van der Waals surface area contributed by atoms with Gasteiger partial charge in [0.05, 0.1) is 7.11 Å². The number of amides is 1. The van der Waals surface area contributed by atoms with Crippen molar-refractivity contribution in [3.8, 4) is 5.75 Å². The number of hydrogen-bond donors (Lipinski definition) is 2. The molecule has 0 spiro atoms. The average molecular weight is 383 g/mol. The molecule has 0 aliphatic rings. The molecule has 0 atom stereocenters. The molecule has 3 aromatic rings. The highest BCUT2D eigenvalue weighted by molar-refractivity contribution is 6.31. The molecule has 138 valence electrons. The Morgan fingerprint density at radius 3 is 2.78 bits per heavy atom. The van der Waals surface area contributed by atoms with Crippen LogP contribution >= 0.6 is 11.6 Å². The van der Waals surface area contributed by atoms with Gasteiger partial charge in [-0.25, -0.2) is 9.97 Å². The number of aryl methyl sites for hydroxylation is 1. The topological polar surface area (TPSA) is 76.1 Å². The summed E-state index contributed by atoms with van der Waals surface area (Å²) in [5.74, 6) is 1.00. The Hall–Kier alpha value is -3.12. The predicted molar refractivity (Wildman–Crippen MR) is 106 cm³/mol. The van der Waals surface area contributed by atoms with Crippen molar-refractivity contribution in [3.05, 3.63) is 76.7 Å². The van der Waals surface area contributed by atoms with Crippen LogP contribution in [-0.2, 0) is 6.54 Å². The molecule has 0 fully saturated rings. The van der Waals surface area contributed by atoms with Crippen molar-refractivity contribution in [3.63, 3.8) is 0 Å². The summed E-state index contributed by atoms with van der Waals surface area (Å²) in [5.41, 5.74) is 2.80. The van der Waals surface area contributed by atoms with Gasteiger partial charge in [0.25, 0.3) is 5.91 Å². The molecular weight excluding hydrogens is 364 g/mol. The van der Waals surface area contributed by atoms with Gasteiger partial charge < -0.3 is 15.4 Å². The fourth-order valence-corrected chi connectivity index (χ4v) is 2.70. The fourth-order valence-electron chi connectivity index (χ4n) is 2.53. The van der Waals surface area contributed by atoms with Crippen LogP contribution in [0.5, 0.6) is 5.75 Å². The van der Waals surface area contributed by atoms with E-state index < -0.39 is 0 Å². The number of benzene rings is 2. The summed E-state index contributed by atoms with van der Waals surface area (Å²) in [6.45, 7) is 2.40. The number of para-hydroxylation sites is 1. The number of aromatic nitrogens is 2. The van der Waals surface area contributed by atoms with Gasteiger partial charge in [-0.1, -0.05) is 35.9 Å². The van der Waals surface area contributed by atoms with E-state index in [1.165, 1.54) is 6.33 Å². The van der Waals surface area contributed by atoms with Crippen molar-refractivity contribution < 1.29 is 9.53 Å². The molecule has 1 heterocycles. The van der Waals surface area contributed by atoms with E-state index in [0.717, 1.165) is 16.9 Å². The Labute approximate surface area is 162 Å². The zero-order valence-electron chi connectivity index (χ0n) is 15.0. The lowest BCUT2D eigenvalue weighted by molar-refractivity contribution is 0.102. The summed E-state index contributed by atoms with van der Waals surface area (Å²) in [5, 5.41) is 6.56. The maximum Gasteiger partial charge on any atom is 0.274 e. The number of nitrogens with one attached hydrogen (secondary N) is 2. The quantitative estimate of drug-likeness (QED) is 0.664. The van der Waals surface area contributed by atoms with Gasteiger partial charge in [-0.2, -0.15) is 0 Å². The second-order valence-corrected chi connectivity index (χ2v) is 6.30. The first-order valence-electron chi connectivity index (χ1n) is 8.32. The van der Waals surface area contributed by atoms with Gasteiger partial charge in [0.15, 0.2) is 0 Å². The molecular formula is C20H19ClN4O2. The van der Waals surface area contributed by atoms with Crippen LogP contribution in [0.25, 0.3) is 0 Å². The maximum absolute atomic E-state index is 12.5. The summed E-state index contributed by atoms with van der Waals surface area (Å²) < 4.78 is 5.34. The molecule has 7 heteroatoms. The maximum atomic E-state index is 12.5. The summed E-state index contributed by atoms with van der Waals surface area (Å²) >= 11 is 6.00. The largest absolute Gasteiger partial charge is 0.496 e. The number of nitrogens with zero attached hydrogens (tertiary/aromatic N) is 2. The molecule has 0 radical (unpaired) electrons. The van der Waals surface area contributed by atoms with Crippen molar-refractivity contribution in [2.24, 2.45) is 0 Å². The van der Waals surface area contributed by atoms with Crippen molar-refractivity contribution in [1.82, 2.24) is 9.97 Å². The minimum Gasteiger partial charge on any atom is -0.496 e. The second kappa shape index (κ2) is 8.51. The van der Waals surface area contributed by atoms with Crippen LogP contribution in [0.4, 0.5) is 11.5 Å². The van der Waals surface area contributed by atoms with Gasteiger partial charge in [0.2, 0.25) is 0 Å². The van der Waals surface area contributed by atoms with Crippen molar-refractivity contribution >= 4 is 29.0 Å². The summed E-state index contributed by atoms with van der Waals surface area (Å²) in [4.78, 5) is 20.7. The Balaban J connectivity index is 1.71. The summed E-state index contributed by atoms with van der Waals surface area (Å²) in [7, 11) is 1.63. The third-order valence-corrected chi connectivity index (χ3v) is 4.24. The molecule has 2 aromatic carbocycles. The van der Waals surface area contributed by atoms with Crippen LogP contribution in [-0.4, -0.2) is 23.0 Å². The van der Waals surface area contributed by atoms with Gasteiger partial charge in [0.1, 0.15) is 23.6 Å². The number of carbonyl (C=O) groups excluding carboxylic acids is 1. The van der Waals surface area contributed by atoms with Crippen LogP contribution in [0.15, 0.2) is 54.9 Å². The molecule has 1 aromatic heterocycles. The van der Waals surface area contributed by atoms with Gasteiger partial charge in [-0.15, -0.1) is 0 Å². The molecule has 0 bridgehead atoms. The Morgan fingerprint density at radius 2 is 1.96 bits per heavy atom. The monoisotopic (exact) mass is 382 g/mol. The van der Waals surface area contributed by atoms with Crippen LogP contribution in [0.2, 0.25) is 5.02 Å². The van der Waals surface area contributed by atoms with E-state index in [1.54, 1.807) is 25.3 Å². The van der Waals surface area contributed by atoms with E-state index in [1.807, 2.05) is 37.3 Å². The van der Waals surface area contributed by atoms with Crippen LogP contribution in [0.3, 0.4) is 0 Å². The number of rotatable bonds is 6. The minimum absolute atomic E-state index is 0.256. The Morgan fingerprint density at radius 1 is 1.15 bits per heavy atom. The first-order valence-corrected chi connectivity index (χ1v) is 8.70. The third kappa shape index (κ3) is 4.74. The number of hydrogen-bond acceptors (Lipinski definition) is 5. The average Bonchev–Trinajstić information content (AvgIpc) is 2.69. The van der Waals surface area contributed by atoms with Crippen molar-refractivity contribution in [2.75, 3.05) is 17.7 Å². The molecule has 2 N–H and O–H groups in total. The predicted octanol–water partition coefficient (Wildman–Crippen LogP) is 4.31. The first-order chi connectivity index (χ1) is 13.1. The highest BCUT2D eigenvalue weighted by atomic mass is 35.5. The van der Waals surface area contributed by atoms with Crippen LogP contribution < -0.4 is 15.4 Å². The number of methoxy groups -OCH3 is 1. The van der Waals surface area contributed by atoms with E-state index in [4.69, 9.17) is 16.3 Å².